The lowest BCUT2D eigenvalue weighted by atomic mass is 10.0. The molecule has 0 spiro atoms. The molecule has 5 atom stereocenters. The standard InChI is InChI=1S/C83H162O17P2/c1-8-9-10-11-12-13-14-15-16-17-18-19-20-25-28-31-37-44-52-59-66-82(87)99-78(70-93-80(85)64-57-50-43-36-30-27-24-22-21-23-26-29-34-40-47-54-61-74(2)3)72-97-101(89,90)95-68-77(84)69-96-102(91,92)98-73-79(71-94-81(86)65-58-51-46-39-42-49-56-63-76(6)7)100-83(88)67-60-53-45-38-33-32-35-41-48-55-62-75(4)5/h74-79,84H,8-73H2,1-7H3,(H,89,90)(H,91,92)/t77-,78-,79-/m1/s1. The van der Waals surface area contributed by atoms with Gasteiger partial charge in [0.25, 0.3) is 0 Å². The third kappa shape index (κ3) is 76.3. The first-order valence-electron chi connectivity index (χ1n) is 42.8. The van der Waals surface area contributed by atoms with E-state index in [1.54, 1.807) is 0 Å². The van der Waals surface area contributed by atoms with Gasteiger partial charge in [-0.2, -0.15) is 0 Å². The fourth-order valence-corrected chi connectivity index (χ4v) is 14.4. The van der Waals surface area contributed by atoms with Crippen molar-refractivity contribution in [1.29, 1.82) is 0 Å². The summed E-state index contributed by atoms with van der Waals surface area (Å²) in [5, 5.41) is 10.6. The predicted octanol–water partition coefficient (Wildman–Crippen LogP) is 24.9. The molecule has 102 heavy (non-hydrogen) atoms. The second-order valence-electron chi connectivity index (χ2n) is 31.3. The average molecular weight is 1490 g/mol. The van der Waals surface area contributed by atoms with Crippen LogP contribution in [0.15, 0.2) is 0 Å². The summed E-state index contributed by atoms with van der Waals surface area (Å²) < 4.78 is 68.8. The Kier molecular flexibility index (Phi) is 71.8. The number of hydrogen-bond acceptors (Lipinski definition) is 15. The fraction of sp³-hybridized carbons (Fsp3) is 0.952. The molecule has 0 saturated heterocycles. The van der Waals surface area contributed by atoms with E-state index in [1.165, 1.54) is 238 Å². The highest BCUT2D eigenvalue weighted by Gasteiger charge is 2.30. The molecule has 0 radical (unpaired) electrons. The maximum atomic E-state index is 13.1. The van der Waals surface area contributed by atoms with Gasteiger partial charge in [-0.1, -0.05) is 382 Å². The number of phosphoric acid groups is 2. The molecule has 0 bridgehead atoms. The lowest BCUT2D eigenvalue weighted by Gasteiger charge is -2.21. The molecule has 0 saturated carbocycles. The van der Waals surface area contributed by atoms with Gasteiger partial charge in [0.2, 0.25) is 0 Å². The van der Waals surface area contributed by atoms with Crippen molar-refractivity contribution in [3.63, 3.8) is 0 Å². The summed E-state index contributed by atoms with van der Waals surface area (Å²) in [6, 6.07) is 0. The highest BCUT2D eigenvalue weighted by molar-refractivity contribution is 7.47. The van der Waals surface area contributed by atoms with Crippen LogP contribution < -0.4 is 0 Å². The smallest absolute Gasteiger partial charge is 0.462 e. The molecule has 0 aromatic carbocycles. The Bertz CT molecular complexity index is 1970. The monoisotopic (exact) mass is 1490 g/mol. The van der Waals surface area contributed by atoms with Crippen LogP contribution >= 0.6 is 15.6 Å². The van der Waals surface area contributed by atoms with Crippen molar-refractivity contribution in [2.24, 2.45) is 17.8 Å². The number of hydrogen-bond donors (Lipinski definition) is 3. The Morgan fingerprint density at radius 2 is 0.451 bits per heavy atom. The van der Waals surface area contributed by atoms with Gasteiger partial charge in [-0.15, -0.1) is 0 Å². The van der Waals surface area contributed by atoms with Crippen LogP contribution in [-0.4, -0.2) is 96.7 Å². The number of aliphatic hydroxyl groups excluding tert-OH is 1. The van der Waals surface area contributed by atoms with Gasteiger partial charge < -0.3 is 33.8 Å². The molecule has 0 aliphatic heterocycles. The zero-order valence-electron chi connectivity index (χ0n) is 67.1. The zero-order valence-corrected chi connectivity index (χ0v) is 68.9. The van der Waals surface area contributed by atoms with Crippen LogP contribution in [-0.2, 0) is 65.4 Å². The van der Waals surface area contributed by atoms with E-state index in [4.69, 9.17) is 37.0 Å². The summed E-state index contributed by atoms with van der Waals surface area (Å²) in [7, 11) is -9.92. The van der Waals surface area contributed by atoms with Crippen LogP contribution in [0.5, 0.6) is 0 Å². The molecule has 19 heteroatoms. The van der Waals surface area contributed by atoms with E-state index in [-0.39, 0.29) is 25.7 Å². The van der Waals surface area contributed by atoms with E-state index in [0.29, 0.717) is 31.6 Å². The molecule has 0 aromatic rings. The minimum Gasteiger partial charge on any atom is -0.462 e. The van der Waals surface area contributed by atoms with Crippen LogP contribution in [0.3, 0.4) is 0 Å². The molecule has 3 N–H and O–H groups in total. The summed E-state index contributed by atoms with van der Waals surface area (Å²) in [6.07, 6.45) is 62.7. The van der Waals surface area contributed by atoms with E-state index in [9.17, 15) is 43.2 Å². The number of ether oxygens (including phenoxy) is 4. The molecule has 0 aliphatic carbocycles. The Morgan fingerprint density at radius 3 is 0.667 bits per heavy atom. The third-order valence-electron chi connectivity index (χ3n) is 19.4. The van der Waals surface area contributed by atoms with E-state index < -0.39 is 97.5 Å². The van der Waals surface area contributed by atoms with Crippen molar-refractivity contribution in [3.8, 4) is 0 Å². The van der Waals surface area contributed by atoms with Gasteiger partial charge in [0.1, 0.15) is 19.3 Å². The minimum absolute atomic E-state index is 0.105. The molecular weight excluding hydrogens is 1330 g/mol. The normalized spacial score (nSPS) is 13.9. The number of rotatable bonds is 81. The summed E-state index contributed by atoms with van der Waals surface area (Å²) in [5.41, 5.74) is 0. The summed E-state index contributed by atoms with van der Waals surface area (Å²) in [6.45, 7) is 11.9. The summed E-state index contributed by atoms with van der Waals surface area (Å²) in [5.74, 6) is 0.159. The highest BCUT2D eigenvalue weighted by Crippen LogP contribution is 2.45. The molecule has 17 nitrogen and oxygen atoms in total. The molecule has 0 amide bonds. The van der Waals surface area contributed by atoms with Gasteiger partial charge in [0.15, 0.2) is 12.2 Å². The first-order valence-corrected chi connectivity index (χ1v) is 45.8. The first kappa shape index (κ1) is 100. The van der Waals surface area contributed by atoms with Crippen molar-refractivity contribution in [2.45, 2.75) is 452 Å². The Balaban J connectivity index is 5.22. The number of aliphatic hydroxyl groups is 1. The number of carbonyl (C=O) groups is 4. The van der Waals surface area contributed by atoms with Gasteiger partial charge in [-0.25, -0.2) is 9.13 Å². The second kappa shape index (κ2) is 73.2. The molecule has 0 fully saturated rings. The van der Waals surface area contributed by atoms with Gasteiger partial charge in [0, 0.05) is 25.7 Å². The van der Waals surface area contributed by atoms with Gasteiger partial charge in [-0.05, 0) is 43.4 Å². The van der Waals surface area contributed by atoms with Crippen molar-refractivity contribution in [1.82, 2.24) is 0 Å². The molecule has 606 valence electrons. The van der Waals surface area contributed by atoms with Gasteiger partial charge in [-0.3, -0.25) is 37.3 Å². The molecule has 0 aliphatic rings. The Morgan fingerprint density at radius 1 is 0.265 bits per heavy atom. The zero-order chi connectivity index (χ0) is 75.1. The highest BCUT2D eigenvalue weighted by atomic mass is 31.2. The molecule has 2 unspecified atom stereocenters. The SMILES string of the molecule is CCCCCCCCCCCCCCCCCCCCCCC(=O)O[C@H](COC(=O)CCCCCCCCCCCCCCCCCCC(C)C)COP(=O)(O)OC[C@@H](O)COP(=O)(O)OC[C@@H](COC(=O)CCCCCCCCCC(C)C)OC(=O)CCCCCCCCCCCCC(C)C. The maximum Gasteiger partial charge on any atom is 0.472 e. The van der Waals surface area contributed by atoms with E-state index >= 15 is 0 Å². The number of esters is 4. The quantitative estimate of drug-likeness (QED) is 0.0222. The van der Waals surface area contributed by atoms with Crippen LogP contribution in [0.1, 0.15) is 434 Å². The molecular formula is C83H162O17P2. The van der Waals surface area contributed by atoms with Crippen molar-refractivity contribution >= 4 is 39.5 Å². The number of carbonyl (C=O) groups excluding carboxylic acids is 4. The molecule has 0 rings (SSSR count). The van der Waals surface area contributed by atoms with Gasteiger partial charge >= 0.3 is 39.5 Å². The first-order chi connectivity index (χ1) is 49.2. The van der Waals surface area contributed by atoms with Gasteiger partial charge in [0.05, 0.1) is 26.4 Å². The third-order valence-corrected chi connectivity index (χ3v) is 21.3. The van der Waals surface area contributed by atoms with E-state index in [0.717, 1.165) is 108 Å². The summed E-state index contributed by atoms with van der Waals surface area (Å²) in [4.78, 5) is 73.1. The van der Waals surface area contributed by atoms with Crippen molar-refractivity contribution in [2.75, 3.05) is 39.6 Å². The van der Waals surface area contributed by atoms with Crippen molar-refractivity contribution in [3.05, 3.63) is 0 Å². The van der Waals surface area contributed by atoms with Crippen LogP contribution in [0.4, 0.5) is 0 Å². The molecule has 0 aromatic heterocycles. The van der Waals surface area contributed by atoms with E-state index in [1.807, 2.05) is 0 Å². The lowest BCUT2D eigenvalue weighted by Crippen LogP contribution is -2.30. The predicted molar refractivity (Wildman–Crippen MR) is 418 cm³/mol. The largest absolute Gasteiger partial charge is 0.472 e. The average Bonchev–Trinajstić information content (AvgIpc) is 0.913. The Hall–Kier alpha value is -1.94. The number of unbranched alkanes of at least 4 members (excludes halogenated alkanes) is 49. The minimum atomic E-state index is -4.96. The second-order valence-corrected chi connectivity index (χ2v) is 34.2. The Labute approximate surface area is 626 Å². The van der Waals surface area contributed by atoms with Crippen molar-refractivity contribution < 1.29 is 80.2 Å². The molecule has 0 heterocycles. The topological polar surface area (TPSA) is 237 Å². The number of phosphoric ester groups is 2. The summed E-state index contributed by atoms with van der Waals surface area (Å²) >= 11 is 0. The van der Waals surface area contributed by atoms with E-state index in [2.05, 4.69) is 48.5 Å². The lowest BCUT2D eigenvalue weighted by molar-refractivity contribution is -0.161. The maximum absolute atomic E-state index is 13.1. The van der Waals surface area contributed by atoms with Crippen LogP contribution in [0, 0.1) is 17.8 Å². The van der Waals surface area contributed by atoms with Crippen LogP contribution in [0.25, 0.3) is 0 Å². The fourth-order valence-electron chi connectivity index (χ4n) is 12.8. The van der Waals surface area contributed by atoms with Crippen LogP contribution in [0.2, 0.25) is 0 Å².